The lowest BCUT2D eigenvalue weighted by atomic mass is 10.2. The van der Waals surface area contributed by atoms with Crippen molar-refractivity contribution in [3.8, 4) is 12.3 Å². The fraction of sp³-hybridized carbons (Fsp3) is 0.727. The highest BCUT2D eigenvalue weighted by Gasteiger charge is 2.04. The Morgan fingerprint density at radius 2 is 2.27 bits per heavy atom. The molecule has 0 unspecified atom stereocenters. The van der Waals surface area contributed by atoms with E-state index in [0.29, 0.717) is 13.0 Å². The second kappa shape index (κ2) is 9.35. The minimum absolute atomic E-state index is 0.000656. The van der Waals surface area contributed by atoms with Gasteiger partial charge in [0.25, 0.3) is 0 Å². The summed E-state index contributed by atoms with van der Waals surface area (Å²) in [6.45, 7) is 2.58. The first-order chi connectivity index (χ1) is 7.20. The molecule has 0 aromatic carbocycles. The topological polar surface area (TPSA) is 61.4 Å². The summed E-state index contributed by atoms with van der Waals surface area (Å²) in [6.07, 6.45) is 8.25. The zero-order valence-electron chi connectivity index (χ0n) is 9.25. The number of hydrogen-bond acceptors (Lipinski definition) is 2. The Hall–Kier alpha value is -1.21. The molecule has 0 spiro atoms. The normalized spacial score (nSPS) is 11.5. The van der Waals surface area contributed by atoms with Gasteiger partial charge in [0.15, 0.2) is 0 Å². The molecule has 0 heterocycles. The van der Waals surface area contributed by atoms with Gasteiger partial charge in [-0.1, -0.05) is 0 Å². The van der Waals surface area contributed by atoms with Crippen LogP contribution in [0.3, 0.4) is 0 Å². The molecular formula is C11H20N2O2. The van der Waals surface area contributed by atoms with Crippen LogP contribution in [0, 0.1) is 12.3 Å². The fourth-order valence-corrected chi connectivity index (χ4v) is 1.09. The first-order valence-electron chi connectivity index (χ1n) is 5.29. The molecule has 0 aliphatic carbocycles. The zero-order valence-corrected chi connectivity index (χ0v) is 9.25. The lowest BCUT2D eigenvalue weighted by Crippen LogP contribution is -2.41. The van der Waals surface area contributed by atoms with Crippen molar-refractivity contribution in [2.45, 2.75) is 38.6 Å². The highest BCUT2D eigenvalue weighted by atomic mass is 16.3. The van der Waals surface area contributed by atoms with Crippen LogP contribution in [0.4, 0.5) is 4.79 Å². The number of carbonyl (C=O) groups is 1. The third-order valence-electron chi connectivity index (χ3n) is 1.97. The van der Waals surface area contributed by atoms with Crippen LogP contribution in [0.25, 0.3) is 0 Å². The summed E-state index contributed by atoms with van der Waals surface area (Å²) in [4.78, 5) is 11.2. The number of aliphatic hydroxyl groups is 1. The quantitative estimate of drug-likeness (QED) is 0.433. The van der Waals surface area contributed by atoms with Gasteiger partial charge in [-0.2, -0.15) is 0 Å². The number of hydrogen-bond donors (Lipinski definition) is 3. The average molecular weight is 212 g/mol. The molecule has 4 heteroatoms. The molecule has 0 bridgehead atoms. The Bertz CT molecular complexity index is 211. The van der Waals surface area contributed by atoms with Crippen molar-refractivity contribution < 1.29 is 9.90 Å². The summed E-state index contributed by atoms with van der Waals surface area (Å²) in [7, 11) is 0. The highest BCUT2D eigenvalue weighted by Crippen LogP contribution is 1.92. The van der Waals surface area contributed by atoms with Gasteiger partial charge in [-0.3, -0.25) is 0 Å². The summed E-state index contributed by atoms with van der Waals surface area (Å²) in [5, 5.41) is 14.1. The van der Waals surface area contributed by atoms with Gasteiger partial charge in [-0.05, 0) is 26.2 Å². The molecule has 0 saturated carbocycles. The molecule has 3 N–H and O–H groups in total. The van der Waals surface area contributed by atoms with Crippen LogP contribution in [0.2, 0.25) is 0 Å². The molecule has 86 valence electrons. The Balaban J connectivity index is 3.37. The summed E-state index contributed by atoms with van der Waals surface area (Å²) < 4.78 is 0. The minimum Gasteiger partial charge on any atom is -0.396 e. The van der Waals surface area contributed by atoms with Gasteiger partial charge in [-0.25, -0.2) is 4.79 Å². The predicted molar refractivity (Wildman–Crippen MR) is 60.4 cm³/mol. The summed E-state index contributed by atoms with van der Waals surface area (Å²) in [5.41, 5.74) is 0. The van der Waals surface area contributed by atoms with Crippen LogP contribution < -0.4 is 10.6 Å². The van der Waals surface area contributed by atoms with Crippen molar-refractivity contribution in [1.82, 2.24) is 10.6 Å². The van der Waals surface area contributed by atoms with Crippen molar-refractivity contribution in [1.29, 1.82) is 0 Å². The van der Waals surface area contributed by atoms with Gasteiger partial charge < -0.3 is 15.7 Å². The van der Waals surface area contributed by atoms with Crippen LogP contribution in [-0.2, 0) is 0 Å². The number of terminal acetylenes is 1. The largest absolute Gasteiger partial charge is 0.396 e. The van der Waals surface area contributed by atoms with Crippen LogP contribution in [0.1, 0.15) is 32.6 Å². The molecule has 1 atom stereocenters. The van der Waals surface area contributed by atoms with E-state index in [2.05, 4.69) is 16.6 Å². The number of urea groups is 1. The van der Waals surface area contributed by atoms with E-state index in [9.17, 15) is 4.79 Å². The van der Waals surface area contributed by atoms with Gasteiger partial charge in [0, 0.05) is 25.6 Å². The number of unbranched alkanes of at least 4 members (excludes halogenated alkanes) is 2. The van der Waals surface area contributed by atoms with E-state index >= 15 is 0 Å². The first kappa shape index (κ1) is 13.8. The SMILES string of the molecule is C#CCCCCNC(=O)N[C@H](C)CCO. The van der Waals surface area contributed by atoms with E-state index in [-0.39, 0.29) is 18.7 Å². The molecule has 0 aromatic heterocycles. The van der Waals surface area contributed by atoms with Crippen molar-refractivity contribution in [2.75, 3.05) is 13.2 Å². The molecule has 0 fully saturated rings. The molecule has 0 radical (unpaired) electrons. The molecule has 2 amide bonds. The van der Waals surface area contributed by atoms with Crippen LogP contribution in [0.5, 0.6) is 0 Å². The lowest BCUT2D eigenvalue weighted by Gasteiger charge is -2.13. The predicted octanol–water partition coefficient (Wildman–Crippen LogP) is 0.860. The lowest BCUT2D eigenvalue weighted by molar-refractivity contribution is 0.231. The molecular weight excluding hydrogens is 192 g/mol. The molecule has 0 aromatic rings. The second-order valence-corrected chi connectivity index (χ2v) is 3.47. The molecule has 0 rings (SSSR count). The van der Waals surface area contributed by atoms with E-state index < -0.39 is 0 Å². The number of aliphatic hydroxyl groups excluding tert-OH is 1. The first-order valence-corrected chi connectivity index (χ1v) is 5.29. The Kier molecular flexibility index (Phi) is 8.59. The second-order valence-electron chi connectivity index (χ2n) is 3.47. The van der Waals surface area contributed by atoms with E-state index in [0.717, 1.165) is 19.3 Å². The smallest absolute Gasteiger partial charge is 0.314 e. The zero-order chi connectivity index (χ0) is 11.5. The van der Waals surface area contributed by atoms with E-state index in [4.69, 9.17) is 11.5 Å². The van der Waals surface area contributed by atoms with Crippen molar-refractivity contribution in [3.63, 3.8) is 0 Å². The fourth-order valence-electron chi connectivity index (χ4n) is 1.09. The van der Waals surface area contributed by atoms with Crippen LogP contribution in [0.15, 0.2) is 0 Å². The van der Waals surface area contributed by atoms with Crippen molar-refractivity contribution >= 4 is 6.03 Å². The minimum atomic E-state index is -0.184. The number of nitrogens with one attached hydrogen (secondary N) is 2. The van der Waals surface area contributed by atoms with Gasteiger partial charge in [-0.15, -0.1) is 12.3 Å². The Labute approximate surface area is 91.4 Å². The maximum atomic E-state index is 11.2. The average Bonchev–Trinajstić information content (AvgIpc) is 2.17. The molecule has 4 nitrogen and oxygen atoms in total. The third-order valence-corrected chi connectivity index (χ3v) is 1.97. The van der Waals surface area contributed by atoms with Crippen LogP contribution in [-0.4, -0.2) is 30.3 Å². The van der Waals surface area contributed by atoms with Gasteiger partial charge in [0.05, 0.1) is 0 Å². The summed E-state index contributed by atoms with van der Waals surface area (Å²) in [5.74, 6) is 2.55. The van der Waals surface area contributed by atoms with Gasteiger partial charge in [0.1, 0.15) is 0 Å². The van der Waals surface area contributed by atoms with Gasteiger partial charge in [0.2, 0.25) is 0 Å². The van der Waals surface area contributed by atoms with Gasteiger partial charge >= 0.3 is 6.03 Å². The third kappa shape index (κ3) is 9.10. The van der Waals surface area contributed by atoms with E-state index in [1.54, 1.807) is 0 Å². The molecule has 15 heavy (non-hydrogen) atoms. The standard InChI is InChI=1S/C11H20N2O2/c1-3-4-5-6-8-12-11(15)13-10(2)7-9-14/h1,10,14H,4-9H2,2H3,(H2,12,13,15)/t10-/m1/s1. The Morgan fingerprint density at radius 3 is 2.87 bits per heavy atom. The molecule has 0 aliphatic rings. The maximum absolute atomic E-state index is 11.2. The Morgan fingerprint density at radius 1 is 1.53 bits per heavy atom. The summed E-state index contributed by atoms with van der Waals surface area (Å²) in [6, 6.07) is -0.183. The van der Waals surface area contributed by atoms with Crippen LogP contribution >= 0.6 is 0 Å². The van der Waals surface area contributed by atoms with Crippen molar-refractivity contribution in [2.24, 2.45) is 0 Å². The number of amides is 2. The number of rotatable bonds is 7. The van der Waals surface area contributed by atoms with E-state index in [1.165, 1.54) is 0 Å². The van der Waals surface area contributed by atoms with E-state index in [1.807, 2.05) is 6.92 Å². The summed E-state index contributed by atoms with van der Waals surface area (Å²) >= 11 is 0. The highest BCUT2D eigenvalue weighted by molar-refractivity contribution is 5.74. The molecule has 0 aliphatic heterocycles. The van der Waals surface area contributed by atoms with Crippen molar-refractivity contribution in [3.05, 3.63) is 0 Å². The maximum Gasteiger partial charge on any atom is 0.314 e. The molecule has 0 saturated heterocycles. The monoisotopic (exact) mass is 212 g/mol. The number of carbonyl (C=O) groups excluding carboxylic acids is 1.